The summed E-state index contributed by atoms with van der Waals surface area (Å²) in [7, 11) is 1.60. The molecule has 1 aliphatic heterocycles. The van der Waals surface area contributed by atoms with Crippen LogP contribution in [0.2, 0.25) is 0 Å². The van der Waals surface area contributed by atoms with E-state index in [1.165, 1.54) is 0 Å². The first-order valence-electron chi connectivity index (χ1n) is 9.46. The van der Waals surface area contributed by atoms with Crippen LogP contribution in [0.3, 0.4) is 0 Å². The van der Waals surface area contributed by atoms with Crippen LogP contribution in [0, 0.1) is 0 Å². The highest BCUT2D eigenvalue weighted by Crippen LogP contribution is 2.28. The van der Waals surface area contributed by atoms with Crippen LogP contribution in [-0.4, -0.2) is 60.3 Å². The van der Waals surface area contributed by atoms with Gasteiger partial charge in [0.25, 0.3) is 0 Å². The van der Waals surface area contributed by atoms with E-state index >= 15 is 0 Å². The minimum atomic E-state index is -0.0663. The number of phenolic OH excluding ortho intramolecular Hbond substituents is 1. The number of carbonyl (C=O) groups excluding carboxylic acids is 1. The average molecular weight is 380 g/mol. The molecule has 6 heteroatoms. The smallest absolute Gasteiger partial charge is 0.195 e. The number of morpholine rings is 1. The zero-order chi connectivity index (χ0) is 19.5. The molecule has 1 aliphatic rings. The van der Waals surface area contributed by atoms with Crippen LogP contribution in [-0.2, 0) is 11.3 Å². The Morgan fingerprint density at radius 2 is 1.86 bits per heavy atom. The number of rotatable bonds is 6. The highest BCUT2D eigenvalue weighted by atomic mass is 16.5. The number of methoxy groups -OCH3 is 1. The Kier molecular flexibility index (Phi) is 5.32. The number of ether oxygens (including phenoxy) is 2. The molecule has 0 atom stereocenters. The molecule has 2 heterocycles. The van der Waals surface area contributed by atoms with Crippen molar-refractivity contribution < 1.29 is 19.4 Å². The highest BCUT2D eigenvalue weighted by Gasteiger charge is 2.18. The highest BCUT2D eigenvalue weighted by molar-refractivity contribution is 6.16. The molecule has 0 amide bonds. The van der Waals surface area contributed by atoms with Crippen LogP contribution in [0.4, 0.5) is 0 Å². The second-order valence-corrected chi connectivity index (χ2v) is 6.95. The minimum absolute atomic E-state index is 0.0663. The molecular weight excluding hydrogens is 356 g/mol. The van der Waals surface area contributed by atoms with Gasteiger partial charge in [-0.1, -0.05) is 0 Å². The number of hydrogen-bond acceptors (Lipinski definition) is 5. The Bertz CT molecular complexity index is 972. The van der Waals surface area contributed by atoms with E-state index in [1.807, 2.05) is 12.3 Å². The first kappa shape index (κ1) is 18.5. The van der Waals surface area contributed by atoms with Crippen molar-refractivity contribution in [2.24, 2.45) is 0 Å². The van der Waals surface area contributed by atoms with E-state index in [9.17, 15) is 9.90 Å². The van der Waals surface area contributed by atoms with E-state index in [-0.39, 0.29) is 11.5 Å². The monoisotopic (exact) mass is 380 g/mol. The molecule has 0 radical (unpaired) electrons. The van der Waals surface area contributed by atoms with Crippen molar-refractivity contribution in [3.63, 3.8) is 0 Å². The van der Waals surface area contributed by atoms with Gasteiger partial charge in [0.15, 0.2) is 5.78 Å². The van der Waals surface area contributed by atoms with Crippen molar-refractivity contribution in [3.8, 4) is 11.5 Å². The SMILES string of the molecule is COc1ccc(C(=O)c2cn(CCN3CCOCC3)c3ccc(O)cc23)cc1. The van der Waals surface area contributed by atoms with Gasteiger partial charge in [0.1, 0.15) is 11.5 Å². The number of benzene rings is 2. The lowest BCUT2D eigenvalue weighted by molar-refractivity contribution is 0.0365. The Hall–Kier alpha value is -2.83. The van der Waals surface area contributed by atoms with Crippen molar-refractivity contribution in [2.75, 3.05) is 40.0 Å². The quantitative estimate of drug-likeness (QED) is 0.666. The summed E-state index contributed by atoms with van der Waals surface area (Å²) >= 11 is 0. The van der Waals surface area contributed by atoms with Crippen LogP contribution in [0.15, 0.2) is 48.7 Å². The maximum atomic E-state index is 13.1. The Labute approximate surface area is 163 Å². The molecule has 4 rings (SSSR count). The molecule has 0 bridgehead atoms. The van der Waals surface area contributed by atoms with Gasteiger partial charge in [-0.2, -0.15) is 0 Å². The van der Waals surface area contributed by atoms with Crippen LogP contribution in [0.5, 0.6) is 11.5 Å². The number of carbonyl (C=O) groups is 1. The topological polar surface area (TPSA) is 63.9 Å². The molecule has 0 aliphatic carbocycles. The second kappa shape index (κ2) is 8.04. The standard InChI is InChI=1S/C22H24N2O4/c1-27-18-5-2-16(3-6-18)22(26)20-15-24(9-8-23-10-12-28-13-11-23)21-7-4-17(25)14-19(20)21/h2-7,14-15,25H,8-13H2,1H3. The lowest BCUT2D eigenvalue weighted by atomic mass is 10.0. The van der Waals surface area contributed by atoms with Gasteiger partial charge >= 0.3 is 0 Å². The number of fused-ring (bicyclic) bond motifs is 1. The number of aromatic hydroxyl groups is 1. The third-order valence-corrected chi connectivity index (χ3v) is 5.22. The first-order chi connectivity index (χ1) is 13.7. The van der Waals surface area contributed by atoms with E-state index in [0.717, 1.165) is 50.3 Å². The molecule has 1 saturated heterocycles. The zero-order valence-corrected chi connectivity index (χ0v) is 15.9. The van der Waals surface area contributed by atoms with Gasteiger partial charge in [-0.25, -0.2) is 0 Å². The molecule has 1 aromatic heterocycles. The molecule has 2 aromatic carbocycles. The van der Waals surface area contributed by atoms with Gasteiger partial charge in [-0.3, -0.25) is 9.69 Å². The van der Waals surface area contributed by atoms with E-state index in [4.69, 9.17) is 9.47 Å². The first-order valence-corrected chi connectivity index (χ1v) is 9.46. The molecule has 3 aromatic rings. The average Bonchev–Trinajstić information content (AvgIpc) is 3.10. The van der Waals surface area contributed by atoms with E-state index in [1.54, 1.807) is 43.5 Å². The number of ketones is 1. The summed E-state index contributed by atoms with van der Waals surface area (Å²) in [6.45, 7) is 5.06. The summed E-state index contributed by atoms with van der Waals surface area (Å²) in [6, 6.07) is 12.3. The molecule has 28 heavy (non-hydrogen) atoms. The normalized spacial score (nSPS) is 15.0. The second-order valence-electron chi connectivity index (χ2n) is 6.95. The van der Waals surface area contributed by atoms with Gasteiger partial charge in [-0.05, 0) is 42.5 Å². The maximum Gasteiger partial charge on any atom is 0.195 e. The van der Waals surface area contributed by atoms with Gasteiger partial charge in [-0.15, -0.1) is 0 Å². The predicted molar refractivity (Wildman–Crippen MR) is 107 cm³/mol. The molecule has 0 saturated carbocycles. The Balaban J connectivity index is 1.65. The van der Waals surface area contributed by atoms with E-state index in [0.29, 0.717) is 16.9 Å². The summed E-state index contributed by atoms with van der Waals surface area (Å²) in [6.07, 6.45) is 1.90. The van der Waals surface area contributed by atoms with Crippen LogP contribution in [0.25, 0.3) is 10.9 Å². The summed E-state index contributed by atoms with van der Waals surface area (Å²) in [5, 5.41) is 10.7. The summed E-state index contributed by atoms with van der Waals surface area (Å²) in [5.41, 5.74) is 2.14. The Morgan fingerprint density at radius 1 is 1.11 bits per heavy atom. The van der Waals surface area contributed by atoms with E-state index < -0.39 is 0 Å². The van der Waals surface area contributed by atoms with Gasteiger partial charge in [0.05, 0.1) is 20.3 Å². The fourth-order valence-corrected chi connectivity index (χ4v) is 3.62. The molecule has 1 N–H and O–H groups in total. The number of nitrogens with zero attached hydrogens (tertiary/aromatic N) is 2. The number of phenols is 1. The molecule has 0 unspecified atom stereocenters. The summed E-state index contributed by atoms with van der Waals surface area (Å²) in [4.78, 5) is 15.5. The van der Waals surface area contributed by atoms with Crippen LogP contribution >= 0.6 is 0 Å². The molecule has 1 fully saturated rings. The van der Waals surface area contributed by atoms with Gasteiger partial charge in [0.2, 0.25) is 0 Å². The predicted octanol–water partition coefficient (Wildman–Crippen LogP) is 2.92. The minimum Gasteiger partial charge on any atom is -0.508 e. The largest absolute Gasteiger partial charge is 0.508 e. The fourth-order valence-electron chi connectivity index (χ4n) is 3.62. The summed E-state index contributed by atoms with van der Waals surface area (Å²) < 4.78 is 12.7. The zero-order valence-electron chi connectivity index (χ0n) is 15.9. The van der Waals surface area contributed by atoms with Crippen molar-refractivity contribution in [1.82, 2.24) is 9.47 Å². The van der Waals surface area contributed by atoms with Crippen molar-refractivity contribution in [3.05, 3.63) is 59.8 Å². The lowest BCUT2D eigenvalue weighted by Gasteiger charge is -2.26. The van der Waals surface area contributed by atoms with Crippen molar-refractivity contribution in [2.45, 2.75) is 6.54 Å². The lowest BCUT2D eigenvalue weighted by Crippen LogP contribution is -2.38. The number of aromatic nitrogens is 1. The Morgan fingerprint density at radius 3 is 2.57 bits per heavy atom. The molecule has 146 valence electrons. The van der Waals surface area contributed by atoms with Gasteiger partial charge in [0, 0.05) is 54.4 Å². The van der Waals surface area contributed by atoms with E-state index in [2.05, 4.69) is 9.47 Å². The van der Waals surface area contributed by atoms with Crippen LogP contribution in [0.1, 0.15) is 15.9 Å². The molecule has 0 spiro atoms. The molecular formula is C22H24N2O4. The van der Waals surface area contributed by atoms with Crippen molar-refractivity contribution >= 4 is 16.7 Å². The van der Waals surface area contributed by atoms with Crippen molar-refractivity contribution in [1.29, 1.82) is 0 Å². The fraction of sp³-hybridized carbons (Fsp3) is 0.318. The third-order valence-electron chi connectivity index (χ3n) is 5.22. The van der Waals surface area contributed by atoms with Crippen LogP contribution < -0.4 is 4.74 Å². The number of hydrogen-bond donors (Lipinski definition) is 1. The third kappa shape index (κ3) is 3.74. The molecule has 6 nitrogen and oxygen atoms in total. The van der Waals surface area contributed by atoms with Gasteiger partial charge < -0.3 is 19.1 Å². The summed E-state index contributed by atoms with van der Waals surface area (Å²) in [5.74, 6) is 0.799. The maximum absolute atomic E-state index is 13.1.